The molecule has 2 aromatic rings. The first kappa shape index (κ1) is 13.2. The maximum absolute atomic E-state index is 13.6. The Balaban J connectivity index is 2.12. The molecule has 3 rings (SSSR count). The molecule has 1 aliphatic heterocycles. The molecule has 0 fully saturated rings. The van der Waals surface area contributed by atoms with Gasteiger partial charge >= 0.3 is 5.79 Å². The Bertz CT molecular complexity index is 651. The summed E-state index contributed by atoms with van der Waals surface area (Å²) in [6.45, 7) is 5.78. The monoisotopic (exact) mass is 334 g/mol. The van der Waals surface area contributed by atoms with Gasteiger partial charge in [-0.2, -0.15) is 0 Å². The average molecular weight is 335 g/mol. The van der Waals surface area contributed by atoms with Crippen molar-refractivity contribution in [1.82, 2.24) is 0 Å². The molecule has 20 heavy (non-hydrogen) atoms. The summed E-state index contributed by atoms with van der Waals surface area (Å²) in [5.41, 5.74) is 1.51. The lowest BCUT2D eigenvalue weighted by Gasteiger charge is -2.28. The second-order valence-electron chi connectivity index (χ2n) is 4.68. The molecule has 0 aromatic heterocycles. The summed E-state index contributed by atoms with van der Waals surface area (Å²) in [7, 11) is 0. The van der Waals surface area contributed by atoms with Gasteiger partial charge in [-0.3, -0.25) is 0 Å². The normalized spacial score (nSPS) is 19.9. The highest BCUT2D eigenvalue weighted by Crippen LogP contribution is 2.48. The molecule has 1 atom stereocenters. The van der Waals surface area contributed by atoms with Crippen LogP contribution in [-0.2, 0) is 5.79 Å². The van der Waals surface area contributed by atoms with Crippen molar-refractivity contribution in [3.63, 3.8) is 0 Å². The van der Waals surface area contributed by atoms with Crippen molar-refractivity contribution in [3.05, 3.63) is 70.5 Å². The van der Waals surface area contributed by atoms with E-state index in [-0.39, 0.29) is 0 Å². The Morgan fingerprint density at radius 3 is 2.35 bits per heavy atom. The van der Waals surface area contributed by atoms with E-state index >= 15 is 0 Å². The van der Waals surface area contributed by atoms with Crippen LogP contribution in [0.2, 0.25) is 0 Å². The number of fused-ring (bicyclic) bond motifs is 1. The Hall–Kier alpha value is -1.81. The highest BCUT2D eigenvalue weighted by molar-refractivity contribution is 9.10. The van der Waals surface area contributed by atoms with Crippen LogP contribution in [0.15, 0.2) is 59.1 Å². The van der Waals surface area contributed by atoms with E-state index in [9.17, 15) is 4.39 Å². The molecule has 0 aliphatic carbocycles. The molecule has 102 valence electrons. The lowest BCUT2D eigenvalue weighted by molar-refractivity contribution is -0.0494. The van der Waals surface area contributed by atoms with Gasteiger partial charge in [0, 0.05) is 23.3 Å². The van der Waals surface area contributed by atoms with Crippen molar-refractivity contribution < 1.29 is 13.9 Å². The number of benzene rings is 2. The number of hydrogen-bond acceptors (Lipinski definition) is 2. The van der Waals surface area contributed by atoms with Crippen LogP contribution in [0, 0.1) is 5.82 Å². The first-order valence-electron chi connectivity index (χ1n) is 6.11. The van der Waals surface area contributed by atoms with Gasteiger partial charge in [-0.15, -0.1) is 0 Å². The fourth-order valence-electron chi connectivity index (χ4n) is 2.20. The zero-order valence-corrected chi connectivity index (χ0v) is 12.4. The van der Waals surface area contributed by atoms with Crippen LogP contribution in [0.1, 0.15) is 12.5 Å². The van der Waals surface area contributed by atoms with E-state index in [0.717, 1.165) is 5.56 Å². The van der Waals surface area contributed by atoms with Crippen molar-refractivity contribution in [2.45, 2.75) is 12.7 Å². The van der Waals surface area contributed by atoms with Gasteiger partial charge in [0.25, 0.3) is 0 Å². The van der Waals surface area contributed by atoms with E-state index in [2.05, 4.69) is 22.5 Å². The van der Waals surface area contributed by atoms with E-state index < -0.39 is 11.6 Å². The zero-order valence-electron chi connectivity index (χ0n) is 10.8. The van der Waals surface area contributed by atoms with E-state index in [1.165, 1.54) is 6.07 Å². The van der Waals surface area contributed by atoms with Gasteiger partial charge in [0.1, 0.15) is 5.82 Å². The summed E-state index contributed by atoms with van der Waals surface area (Å²) in [5, 5.41) is 0. The lowest BCUT2D eigenvalue weighted by atomic mass is 10.00. The molecule has 0 radical (unpaired) electrons. The van der Waals surface area contributed by atoms with Crippen molar-refractivity contribution in [3.8, 4) is 11.5 Å². The third-order valence-corrected chi connectivity index (χ3v) is 3.82. The van der Waals surface area contributed by atoms with Gasteiger partial charge in [0.2, 0.25) is 0 Å². The van der Waals surface area contributed by atoms with Crippen LogP contribution < -0.4 is 9.47 Å². The van der Waals surface area contributed by atoms with Crippen molar-refractivity contribution >= 4 is 15.9 Å². The van der Waals surface area contributed by atoms with Gasteiger partial charge in [0.15, 0.2) is 11.5 Å². The molecular weight excluding hydrogens is 323 g/mol. The SMILES string of the molecule is C=C(C)C1(c2ccccc2)Oc2cc(F)c(Br)cc2O1. The van der Waals surface area contributed by atoms with Crippen LogP contribution in [-0.4, -0.2) is 0 Å². The maximum Gasteiger partial charge on any atom is 0.301 e. The van der Waals surface area contributed by atoms with Crippen LogP contribution in [0.25, 0.3) is 0 Å². The molecule has 1 heterocycles. The summed E-state index contributed by atoms with van der Waals surface area (Å²) in [4.78, 5) is 0. The number of ether oxygens (including phenoxy) is 2. The van der Waals surface area contributed by atoms with E-state index in [4.69, 9.17) is 9.47 Å². The molecule has 1 aliphatic rings. The molecule has 0 saturated heterocycles. The van der Waals surface area contributed by atoms with Crippen molar-refractivity contribution in [2.75, 3.05) is 0 Å². The number of halogens is 2. The quantitative estimate of drug-likeness (QED) is 0.735. The fourth-order valence-corrected chi connectivity index (χ4v) is 2.52. The van der Waals surface area contributed by atoms with Crippen molar-refractivity contribution in [2.24, 2.45) is 0 Å². The van der Waals surface area contributed by atoms with E-state index in [1.54, 1.807) is 6.07 Å². The minimum Gasteiger partial charge on any atom is -0.441 e. The lowest BCUT2D eigenvalue weighted by Crippen LogP contribution is -2.36. The topological polar surface area (TPSA) is 18.5 Å². The molecule has 0 saturated carbocycles. The molecular formula is C16H12BrFO2. The molecule has 0 N–H and O–H groups in total. The number of rotatable bonds is 2. The second kappa shape index (κ2) is 4.63. The van der Waals surface area contributed by atoms with Crippen molar-refractivity contribution in [1.29, 1.82) is 0 Å². The molecule has 0 amide bonds. The minimum atomic E-state index is -1.10. The van der Waals surface area contributed by atoms with Gasteiger partial charge in [0.05, 0.1) is 4.47 Å². The Morgan fingerprint density at radius 1 is 1.15 bits per heavy atom. The van der Waals surface area contributed by atoms with Crippen LogP contribution in [0.3, 0.4) is 0 Å². The molecule has 1 unspecified atom stereocenters. The minimum absolute atomic E-state index is 0.338. The predicted octanol–water partition coefficient (Wildman–Crippen LogP) is 4.79. The van der Waals surface area contributed by atoms with Gasteiger partial charge in [-0.1, -0.05) is 36.9 Å². The molecule has 2 nitrogen and oxygen atoms in total. The molecule has 4 heteroatoms. The summed E-state index contributed by atoms with van der Waals surface area (Å²) in [6, 6.07) is 12.4. The van der Waals surface area contributed by atoms with Gasteiger partial charge in [-0.05, 0) is 22.9 Å². The van der Waals surface area contributed by atoms with Gasteiger partial charge < -0.3 is 9.47 Å². The Kier molecular flexibility index (Phi) is 3.05. The molecule has 2 aromatic carbocycles. The zero-order chi connectivity index (χ0) is 14.3. The summed E-state index contributed by atoms with van der Waals surface area (Å²) in [5.74, 6) is -0.628. The predicted molar refractivity (Wildman–Crippen MR) is 78.3 cm³/mol. The van der Waals surface area contributed by atoms with Gasteiger partial charge in [-0.25, -0.2) is 4.39 Å². The largest absolute Gasteiger partial charge is 0.441 e. The van der Waals surface area contributed by atoms with E-state index in [0.29, 0.717) is 21.5 Å². The molecule has 0 spiro atoms. The first-order chi connectivity index (χ1) is 9.53. The fraction of sp³-hybridized carbons (Fsp3) is 0.125. The molecule has 0 bridgehead atoms. The third-order valence-electron chi connectivity index (χ3n) is 3.21. The smallest absolute Gasteiger partial charge is 0.301 e. The van der Waals surface area contributed by atoms with Crippen LogP contribution >= 0.6 is 15.9 Å². The third kappa shape index (κ3) is 1.91. The second-order valence-corrected chi connectivity index (χ2v) is 5.53. The number of hydrogen-bond donors (Lipinski definition) is 0. The van der Waals surface area contributed by atoms with E-state index in [1.807, 2.05) is 37.3 Å². The first-order valence-corrected chi connectivity index (χ1v) is 6.91. The Morgan fingerprint density at radius 2 is 1.75 bits per heavy atom. The summed E-state index contributed by atoms with van der Waals surface area (Å²) in [6.07, 6.45) is 0. The Labute approximate surface area is 125 Å². The summed E-state index contributed by atoms with van der Waals surface area (Å²) < 4.78 is 25.8. The van der Waals surface area contributed by atoms with Crippen LogP contribution in [0.4, 0.5) is 4.39 Å². The maximum atomic E-state index is 13.6. The summed E-state index contributed by atoms with van der Waals surface area (Å²) >= 11 is 3.15. The highest BCUT2D eigenvalue weighted by Gasteiger charge is 2.44. The highest BCUT2D eigenvalue weighted by atomic mass is 79.9. The standard InChI is InChI=1S/C16H12BrFO2/c1-10(2)16(11-6-4-3-5-7-11)19-14-8-12(17)13(18)9-15(14)20-16/h3-9H,1H2,2H3. The average Bonchev–Trinajstić information content (AvgIpc) is 2.80. The van der Waals surface area contributed by atoms with Crippen LogP contribution in [0.5, 0.6) is 11.5 Å².